The summed E-state index contributed by atoms with van der Waals surface area (Å²) in [4.78, 5) is 23.8. The maximum Gasteiger partial charge on any atom is 0.225 e. The molecule has 0 radical (unpaired) electrons. The van der Waals surface area contributed by atoms with Crippen LogP contribution in [0.5, 0.6) is 0 Å². The SMILES string of the molecule is C=CCCC(=O)N[C@@H]1CC(C)(C)Cc2nc(N3CCC(O)CC3)ncc21. The van der Waals surface area contributed by atoms with Crippen molar-refractivity contribution in [3.63, 3.8) is 0 Å². The number of aromatic nitrogens is 2. The number of rotatable bonds is 5. The van der Waals surface area contributed by atoms with Gasteiger partial charge in [-0.05, 0) is 37.5 Å². The van der Waals surface area contributed by atoms with Crippen LogP contribution >= 0.6 is 0 Å². The fourth-order valence-electron chi connectivity index (χ4n) is 3.88. The van der Waals surface area contributed by atoms with E-state index in [1.54, 1.807) is 6.08 Å². The zero-order valence-electron chi connectivity index (χ0n) is 15.9. The molecule has 0 aromatic carbocycles. The van der Waals surface area contributed by atoms with Gasteiger partial charge in [-0.2, -0.15) is 0 Å². The van der Waals surface area contributed by atoms with Crippen molar-refractivity contribution in [2.24, 2.45) is 5.41 Å². The zero-order valence-corrected chi connectivity index (χ0v) is 15.9. The van der Waals surface area contributed by atoms with E-state index in [0.29, 0.717) is 12.8 Å². The molecule has 3 rings (SSSR count). The quantitative estimate of drug-likeness (QED) is 0.791. The number of piperidine rings is 1. The van der Waals surface area contributed by atoms with Crippen molar-refractivity contribution in [3.05, 3.63) is 30.1 Å². The first-order valence-electron chi connectivity index (χ1n) is 9.57. The third-order valence-corrected chi connectivity index (χ3v) is 5.32. The number of aliphatic hydroxyl groups is 1. The molecular formula is C20H30N4O2. The molecule has 2 aliphatic rings. The fraction of sp³-hybridized carbons (Fsp3) is 0.650. The van der Waals surface area contributed by atoms with Gasteiger partial charge in [0, 0.05) is 31.3 Å². The van der Waals surface area contributed by atoms with E-state index in [1.165, 1.54) is 0 Å². The second kappa shape index (κ2) is 7.74. The number of aliphatic hydroxyl groups excluding tert-OH is 1. The van der Waals surface area contributed by atoms with Crippen LogP contribution in [-0.4, -0.2) is 40.2 Å². The van der Waals surface area contributed by atoms with E-state index < -0.39 is 0 Å². The first kappa shape index (κ1) is 18.8. The van der Waals surface area contributed by atoms with Gasteiger partial charge in [0.05, 0.1) is 17.8 Å². The van der Waals surface area contributed by atoms with Crippen molar-refractivity contribution in [2.45, 2.75) is 64.5 Å². The Labute approximate surface area is 155 Å². The van der Waals surface area contributed by atoms with Crippen LogP contribution in [0, 0.1) is 5.41 Å². The highest BCUT2D eigenvalue weighted by atomic mass is 16.3. The average Bonchev–Trinajstić information content (AvgIpc) is 2.59. The van der Waals surface area contributed by atoms with Crippen molar-refractivity contribution in [3.8, 4) is 0 Å². The van der Waals surface area contributed by atoms with Crippen molar-refractivity contribution in [2.75, 3.05) is 18.0 Å². The number of amides is 1. The average molecular weight is 358 g/mol. The van der Waals surface area contributed by atoms with Crippen molar-refractivity contribution >= 4 is 11.9 Å². The Hall–Kier alpha value is -1.95. The number of nitrogens with zero attached hydrogens (tertiary/aromatic N) is 3. The molecule has 1 amide bonds. The van der Waals surface area contributed by atoms with Crippen molar-refractivity contribution in [1.82, 2.24) is 15.3 Å². The summed E-state index contributed by atoms with van der Waals surface area (Å²) in [5, 5.41) is 12.9. The summed E-state index contributed by atoms with van der Waals surface area (Å²) < 4.78 is 0. The van der Waals surface area contributed by atoms with Gasteiger partial charge in [-0.15, -0.1) is 6.58 Å². The van der Waals surface area contributed by atoms with Crippen LogP contribution < -0.4 is 10.2 Å². The van der Waals surface area contributed by atoms with Gasteiger partial charge >= 0.3 is 0 Å². The highest BCUT2D eigenvalue weighted by Gasteiger charge is 2.35. The molecule has 0 bridgehead atoms. The molecule has 1 aliphatic heterocycles. The molecule has 1 saturated heterocycles. The van der Waals surface area contributed by atoms with Crippen LogP contribution in [0.3, 0.4) is 0 Å². The molecule has 0 saturated carbocycles. The van der Waals surface area contributed by atoms with Gasteiger partial charge in [0.1, 0.15) is 0 Å². The van der Waals surface area contributed by atoms with Crippen LogP contribution in [0.25, 0.3) is 0 Å². The van der Waals surface area contributed by atoms with E-state index in [4.69, 9.17) is 4.98 Å². The Bertz CT molecular complexity index is 666. The summed E-state index contributed by atoms with van der Waals surface area (Å²) in [5.41, 5.74) is 2.15. The van der Waals surface area contributed by atoms with Crippen molar-refractivity contribution in [1.29, 1.82) is 0 Å². The van der Waals surface area contributed by atoms with Gasteiger partial charge in [0.25, 0.3) is 0 Å². The van der Waals surface area contributed by atoms with Crippen LogP contribution in [0.2, 0.25) is 0 Å². The number of allylic oxidation sites excluding steroid dienone is 1. The number of hydrogen-bond donors (Lipinski definition) is 2. The first-order chi connectivity index (χ1) is 12.4. The topological polar surface area (TPSA) is 78.4 Å². The van der Waals surface area contributed by atoms with E-state index in [1.807, 2.05) is 6.20 Å². The summed E-state index contributed by atoms with van der Waals surface area (Å²) in [6, 6.07) is -0.0386. The van der Waals surface area contributed by atoms with Gasteiger partial charge < -0.3 is 15.3 Å². The lowest BCUT2D eigenvalue weighted by atomic mass is 9.74. The van der Waals surface area contributed by atoms with Gasteiger partial charge in [-0.25, -0.2) is 9.97 Å². The lowest BCUT2D eigenvalue weighted by molar-refractivity contribution is -0.122. The molecule has 1 atom stereocenters. The molecule has 1 aromatic rings. The van der Waals surface area contributed by atoms with E-state index in [2.05, 4.69) is 35.6 Å². The predicted octanol–water partition coefficient (Wildman–Crippen LogP) is 2.53. The van der Waals surface area contributed by atoms with E-state index in [9.17, 15) is 9.90 Å². The fourth-order valence-corrected chi connectivity index (χ4v) is 3.88. The number of fused-ring (bicyclic) bond motifs is 1. The van der Waals surface area contributed by atoms with E-state index >= 15 is 0 Å². The second-order valence-electron chi connectivity index (χ2n) is 8.28. The van der Waals surface area contributed by atoms with Crippen LogP contribution in [0.15, 0.2) is 18.9 Å². The van der Waals surface area contributed by atoms with Crippen LogP contribution in [-0.2, 0) is 11.2 Å². The smallest absolute Gasteiger partial charge is 0.225 e. The Morgan fingerprint density at radius 3 is 2.88 bits per heavy atom. The molecule has 2 heterocycles. The standard InChI is InChI=1S/C20H30N4O2/c1-4-5-6-18(26)22-16-11-20(2,3)12-17-15(16)13-21-19(23-17)24-9-7-14(25)8-10-24/h4,13-14,16,25H,1,5-12H2,2-3H3,(H,22,26)/t16-/m1/s1. The molecule has 0 spiro atoms. The Kier molecular flexibility index (Phi) is 5.61. The van der Waals surface area contributed by atoms with E-state index in [0.717, 1.165) is 56.0 Å². The number of carbonyl (C=O) groups excluding carboxylic acids is 1. The van der Waals surface area contributed by atoms with Crippen LogP contribution in [0.1, 0.15) is 63.3 Å². The highest BCUT2D eigenvalue weighted by Crippen LogP contribution is 2.40. The molecule has 1 aromatic heterocycles. The summed E-state index contributed by atoms with van der Waals surface area (Å²) in [5.74, 6) is 0.790. The minimum atomic E-state index is -0.210. The third-order valence-electron chi connectivity index (χ3n) is 5.32. The largest absolute Gasteiger partial charge is 0.393 e. The van der Waals surface area contributed by atoms with Gasteiger partial charge in [-0.3, -0.25) is 4.79 Å². The molecule has 2 N–H and O–H groups in total. The Balaban J connectivity index is 1.79. The molecule has 1 fully saturated rings. The van der Waals surface area contributed by atoms with Gasteiger partial charge in [-0.1, -0.05) is 19.9 Å². The maximum absolute atomic E-state index is 12.2. The monoisotopic (exact) mass is 358 g/mol. The summed E-state index contributed by atoms with van der Waals surface area (Å²) in [6.45, 7) is 9.68. The summed E-state index contributed by atoms with van der Waals surface area (Å²) in [7, 11) is 0. The van der Waals surface area contributed by atoms with E-state index in [-0.39, 0.29) is 23.5 Å². The number of nitrogens with one attached hydrogen (secondary N) is 1. The lowest BCUT2D eigenvalue weighted by Gasteiger charge is -2.37. The van der Waals surface area contributed by atoms with Crippen molar-refractivity contribution < 1.29 is 9.90 Å². The normalized spacial score (nSPS) is 22.6. The first-order valence-corrected chi connectivity index (χ1v) is 9.57. The molecule has 6 heteroatoms. The van der Waals surface area contributed by atoms with Gasteiger partial charge in [0.2, 0.25) is 11.9 Å². The molecule has 142 valence electrons. The number of anilines is 1. The molecule has 0 unspecified atom stereocenters. The second-order valence-corrected chi connectivity index (χ2v) is 8.28. The molecule has 1 aliphatic carbocycles. The van der Waals surface area contributed by atoms with Crippen LogP contribution in [0.4, 0.5) is 5.95 Å². The highest BCUT2D eigenvalue weighted by molar-refractivity contribution is 5.76. The third kappa shape index (κ3) is 4.41. The Morgan fingerprint density at radius 2 is 2.19 bits per heavy atom. The molecule has 6 nitrogen and oxygen atoms in total. The minimum Gasteiger partial charge on any atom is -0.393 e. The summed E-state index contributed by atoms with van der Waals surface area (Å²) in [6.07, 6.45) is 7.88. The number of carbonyl (C=O) groups is 1. The summed E-state index contributed by atoms with van der Waals surface area (Å²) >= 11 is 0. The lowest BCUT2D eigenvalue weighted by Crippen LogP contribution is -2.39. The zero-order chi connectivity index (χ0) is 18.7. The molecular weight excluding hydrogens is 328 g/mol. The number of hydrogen-bond acceptors (Lipinski definition) is 5. The van der Waals surface area contributed by atoms with Gasteiger partial charge in [0.15, 0.2) is 0 Å². The molecule has 26 heavy (non-hydrogen) atoms. The Morgan fingerprint density at radius 1 is 1.46 bits per heavy atom. The maximum atomic E-state index is 12.2. The predicted molar refractivity (Wildman–Crippen MR) is 102 cm³/mol. The minimum absolute atomic E-state index is 0.0386.